The first-order valence-electron chi connectivity index (χ1n) is 5.01. The molecule has 0 bridgehead atoms. The Kier molecular flexibility index (Phi) is 2.76. The summed E-state index contributed by atoms with van der Waals surface area (Å²) in [6.45, 7) is 1.99. The van der Waals surface area contributed by atoms with Crippen molar-refractivity contribution in [3.05, 3.63) is 22.7 Å². The zero-order chi connectivity index (χ0) is 11.0. The standard InChI is InChI=1S/C11H15ClN2O/c1-6(13)9-5-7-8(12)3-4-10(15-2)11(7)14-9/h3-4,6,9,14H,5,13H2,1-2H3. The number of nitrogens with two attached hydrogens (primary N) is 1. The van der Waals surface area contributed by atoms with E-state index in [1.807, 2.05) is 19.1 Å². The van der Waals surface area contributed by atoms with Gasteiger partial charge in [0.25, 0.3) is 0 Å². The molecule has 2 atom stereocenters. The van der Waals surface area contributed by atoms with Crippen LogP contribution in [0.3, 0.4) is 0 Å². The van der Waals surface area contributed by atoms with Crippen molar-refractivity contribution in [2.45, 2.75) is 25.4 Å². The van der Waals surface area contributed by atoms with Gasteiger partial charge in [0.05, 0.1) is 12.8 Å². The molecule has 4 heteroatoms. The van der Waals surface area contributed by atoms with Gasteiger partial charge in [0, 0.05) is 17.1 Å². The van der Waals surface area contributed by atoms with Crippen LogP contribution in [0.4, 0.5) is 5.69 Å². The molecule has 1 aromatic rings. The van der Waals surface area contributed by atoms with E-state index in [1.165, 1.54) is 0 Å². The quantitative estimate of drug-likeness (QED) is 0.811. The smallest absolute Gasteiger partial charge is 0.142 e. The van der Waals surface area contributed by atoms with Gasteiger partial charge < -0.3 is 15.8 Å². The molecule has 2 unspecified atom stereocenters. The zero-order valence-corrected chi connectivity index (χ0v) is 9.64. The lowest BCUT2D eigenvalue weighted by Gasteiger charge is -2.15. The van der Waals surface area contributed by atoms with Crippen LogP contribution in [-0.2, 0) is 6.42 Å². The fourth-order valence-corrected chi connectivity index (χ4v) is 2.14. The summed E-state index contributed by atoms with van der Waals surface area (Å²) >= 11 is 6.13. The molecule has 0 saturated carbocycles. The number of anilines is 1. The van der Waals surface area contributed by atoms with Crippen LogP contribution < -0.4 is 15.8 Å². The Morgan fingerprint density at radius 3 is 2.93 bits per heavy atom. The Morgan fingerprint density at radius 2 is 2.33 bits per heavy atom. The van der Waals surface area contributed by atoms with Gasteiger partial charge in [-0.15, -0.1) is 0 Å². The molecule has 0 spiro atoms. The minimum atomic E-state index is 0.0955. The molecule has 1 aliphatic rings. The highest BCUT2D eigenvalue weighted by Crippen LogP contribution is 2.39. The molecule has 2 rings (SSSR count). The number of fused-ring (bicyclic) bond motifs is 1. The maximum atomic E-state index is 6.13. The predicted octanol–water partition coefficient (Wildman–Crippen LogP) is 2.03. The van der Waals surface area contributed by atoms with Gasteiger partial charge in [0.15, 0.2) is 0 Å². The molecule has 82 valence electrons. The minimum absolute atomic E-state index is 0.0955. The van der Waals surface area contributed by atoms with Crippen molar-refractivity contribution in [2.24, 2.45) is 5.73 Å². The molecule has 0 amide bonds. The third-order valence-electron chi connectivity index (χ3n) is 2.83. The van der Waals surface area contributed by atoms with E-state index in [2.05, 4.69) is 5.32 Å². The monoisotopic (exact) mass is 226 g/mol. The van der Waals surface area contributed by atoms with E-state index in [0.29, 0.717) is 0 Å². The maximum absolute atomic E-state index is 6.13. The van der Waals surface area contributed by atoms with Crippen LogP contribution in [0.25, 0.3) is 0 Å². The molecule has 0 fully saturated rings. The second-order valence-corrected chi connectivity index (χ2v) is 4.32. The lowest BCUT2D eigenvalue weighted by atomic mass is 10.1. The number of nitrogens with one attached hydrogen (secondary N) is 1. The van der Waals surface area contributed by atoms with Crippen LogP contribution in [0.2, 0.25) is 5.02 Å². The first-order valence-corrected chi connectivity index (χ1v) is 5.38. The molecule has 1 heterocycles. The summed E-state index contributed by atoms with van der Waals surface area (Å²) in [5.41, 5.74) is 7.97. The van der Waals surface area contributed by atoms with Gasteiger partial charge in [-0.2, -0.15) is 0 Å². The van der Waals surface area contributed by atoms with Crippen LogP contribution >= 0.6 is 11.6 Å². The summed E-state index contributed by atoms with van der Waals surface area (Å²) in [5.74, 6) is 0.831. The first kappa shape index (κ1) is 10.6. The van der Waals surface area contributed by atoms with E-state index in [9.17, 15) is 0 Å². The Bertz CT molecular complexity index is 379. The minimum Gasteiger partial charge on any atom is -0.495 e. The maximum Gasteiger partial charge on any atom is 0.142 e. The van der Waals surface area contributed by atoms with Crippen molar-refractivity contribution in [1.29, 1.82) is 0 Å². The molecule has 15 heavy (non-hydrogen) atoms. The molecule has 1 aliphatic heterocycles. The second kappa shape index (κ2) is 3.91. The normalized spacial score (nSPS) is 20.7. The average molecular weight is 227 g/mol. The van der Waals surface area contributed by atoms with Crippen molar-refractivity contribution in [3.8, 4) is 5.75 Å². The number of methoxy groups -OCH3 is 1. The second-order valence-electron chi connectivity index (χ2n) is 3.92. The lowest BCUT2D eigenvalue weighted by molar-refractivity contribution is 0.416. The van der Waals surface area contributed by atoms with E-state index in [1.54, 1.807) is 7.11 Å². The van der Waals surface area contributed by atoms with Gasteiger partial charge in [-0.25, -0.2) is 0 Å². The van der Waals surface area contributed by atoms with Gasteiger partial charge in [0.2, 0.25) is 0 Å². The van der Waals surface area contributed by atoms with E-state index in [-0.39, 0.29) is 12.1 Å². The molecule has 0 radical (unpaired) electrons. The lowest BCUT2D eigenvalue weighted by Crippen LogP contribution is -2.36. The molecule has 0 saturated heterocycles. The van der Waals surface area contributed by atoms with E-state index < -0.39 is 0 Å². The summed E-state index contributed by atoms with van der Waals surface area (Å²) in [4.78, 5) is 0. The first-order chi connectivity index (χ1) is 7.13. The topological polar surface area (TPSA) is 47.3 Å². The SMILES string of the molecule is COc1ccc(Cl)c2c1NC(C(C)N)C2. The van der Waals surface area contributed by atoms with Gasteiger partial charge in [-0.05, 0) is 31.0 Å². The molecule has 1 aromatic carbocycles. The van der Waals surface area contributed by atoms with Crippen LogP contribution in [0.15, 0.2) is 12.1 Å². The zero-order valence-electron chi connectivity index (χ0n) is 8.88. The van der Waals surface area contributed by atoms with Crippen molar-refractivity contribution >= 4 is 17.3 Å². The van der Waals surface area contributed by atoms with Gasteiger partial charge in [-0.1, -0.05) is 11.6 Å². The number of hydrogen-bond donors (Lipinski definition) is 2. The highest BCUT2D eigenvalue weighted by Gasteiger charge is 2.27. The molecule has 3 nitrogen and oxygen atoms in total. The molecule has 3 N–H and O–H groups in total. The third-order valence-corrected chi connectivity index (χ3v) is 3.18. The summed E-state index contributed by atoms with van der Waals surface area (Å²) < 4.78 is 5.28. The van der Waals surface area contributed by atoms with Crippen molar-refractivity contribution < 1.29 is 4.74 Å². The number of benzene rings is 1. The highest BCUT2D eigenvalue weighted by atomic mass is 35.5. The molecular formula is C11H15ClN2O. The van der Waals surface area contributed by atoms with Crippen molar-refractivity contribution in [3.63, 3.8) is 0 Å². The number of hydrogen-bond acceptors (Lipinski definition) is 3. The summed E-state index contributed by atoms with van der Waals surface area (Å²) in [6, 6.07) is 4.08. The largest absolute Gasteiger partial charge is 0.495 e. The van der Waals surface area contributed by atoms with E-state index in [0.717, 1.165) is 28.4 Å². The van der Waals surface area contributed by atoms with Crippen LogP contribution in [-0.4, -0.2) is 19.2 Å². The Hall–Kier alpha value is -0.930. The average Bonchev–Trinajstić information content (AvgIpc) is 2.64. The van der Waals surface area contributed by atoms with Gasteiger partial charge in [0.1, 0.15) is 5.75 Å². The Morgan fingerprint density at radius 1 is 1.60 bits per heavy atom. The highest BCUT2D eigenvalue weighted by molar-refractivity contribution is 6.32. The predicted molar refractivity (Wildman–Crippen MR) is 62.8 cm³/mol. The summed E-state index contributed by atoms with van der Waals surface area (Å²) in [7, 11) is 1.66. The Balaban J connectivity index is 2.39. The number of halogens is 1. The molecular weight excluding hydrogens is 212 g/mol. The van der Waals surface area contributed by atoms with Crippen LogP contribution in [0.5, 0.6) is 5.75 Å². The summed E-state index contributed by atoms with van der Waals surface area (Å²) in [5, 5.41) is 4.14. The third kappa shape index (κ3) is 1.77. The van der Waals surface area contributed by atoms with Crippen LogP contribution in [0.1, 0.15) is 12.5 Å². The molecule has 0 aromatic heterocycles. The number of rotatable bonds is 2. The van der Waals surface area contributed by atoms with Crippen molar-refractivity contribution in [2.75, 3.05) is 12.4 Å². The summed E-state index contributed by atoms with van der Waals surface area (Å²) in [6.07, 6.45) is 0.864. The van der Waals surface area contributed by atoms with Gasteiger partial charge >= 0.3 is 0 Å². The molecule has 0 aliphatic carbocycles. The number of ether oxygens (including phenoxy) is 1. The van der Waals surface area contributed by atoms with Crippen molar-refractivity contribution in [1.82, 2.24) is 0 Å². The Labute approximate surface area is 94.6 Å². The van der Waals surface area contributed by atoms with Crippen LogP contribution in [0, 0.1) is 0 Å². The fraction of sp³-hybridized carbons (Fsp3) is 0.455. The fourth-order valence-electron chi connectivity index (χ4n) is 1.90. The van der Waals surface area contributed by atoms with E-state index >= 15 is 0 Å². The van der Waals surface area contributed by atoms with Gasteiger partial charge in [-0.3, -0.25) is 0 Å². The van der Waals surface area contributed by atoms with E-state index in [4.69, 9.17) is 22.1 Å².